The molecule has 0 atom stereocenters. The van der Waals surface area contributed by atoms with E-state index in [1.807, 2.05) is 31.8 Å². The molecule has 10 heteroatoms. The number of aromatic nitrogens is 2. The molecule has 1 N–H and O–H groups in total. The summed E-state index contributed by atoms with van der Waals surface area (Å²) in [5.41, 5.74) is 1.45. The van der Waals surface area contributed by atoms with Crippen molar-refractivity contribution in [3.63, 3.8) is 0 Å². The Morgan fingerprint density at radius 3 is 2.24 bits per heavy atom. The van der Waals surface area contributed by atoms with Crippen LogP contribution in [0, 0.1) is 5.92 Å². The van der Waals surface area contributed by atoms with Crippen molar-refractivity contribution in [2.45, 2.75) is 57.8 Å². The van der Waals surface area contributed by atoms with Crippen LogP contribution in [0.1, 0.15) is 45.2 Å². The first-order valence-corrected chi connectivity index (χ1v) is 9.77. The highest BCUT2D eigenvalue weighted by atomic mass is 19.4. The van der Waals surface area contributed by atoms with Gasteiger partial charge in [0.1, 0.15) is 0 Å². The smallest absolute Gasteiger partial charge is 0.475 e. The third-order valence-corrected chi connectivity index (χ3v) is 5.60. The maximum absolute atomic E-state index is 12.2. The number of carbonyl (C=O) groups excluding carboxylic acids is 1. The number of likely N-dealkylation sites (tertiary alicyclic amines) is 2. The van der Waals surface area contributed by atoms with Gasteiger partial charge in [0.15, 0.2) is 0 Å². The molecule has 1 aromatic rings. The largest absolute Gasteiger partial charge is 0.490 e. The van der Waals surface area contributed by atoms with Gasteiger partial charge in [0.25, 0.3) is 0 Å². The van der Waals surface area contributed by atoms with Crippen LogP contribution in [-0.4, -0.2) is 67.9 Å². The van der Waals surface area contributed by atoms with Gasteiger partial charge in [0.05, 0.1) is 5.69 Å². The highest BCUT2D eigenvalue weighted by molar-refractivity contribution is 5.78. The lowest BCUT2D eigenvalue weighted by molar-refractivity contribution is -0.192. The van der Waals surface area contributed by atoms with Crippen LogP contribution < -0.4 is 0 Å². The van der Waals surface area contributed by atoms with Crippen LogP contribution >= 0.6 is 0 Å². The van der Waals surface area contributed by atoms with Crippen molar-refractivity contribution in [2.24, 2.45) is 13.0 Å². The van der Waals surface area contributed by atoms with Crippen LogP contribution in [0.15, 0.2) is 12.3 Å². The lowest BCUT2D eigenvalue weighted by Crippen LogP contribution is -2.53. The molecule has 3 heterocycles. The topological polar surface area (TPSA) is 78.7 Å². The molecule has 1 spiro atoms. The monoisotopic (exact) mass is 418 g/mol. The predicted octanol–water partition coefficient (Wildman–Crippen LogP) is 2.67. The fourth-order valence-electron chi connectivity index (χ4n) is 4.06. The van der Waals surface area contributed by atoms with Crippen molar-refractivity contribution < 1.29 is 27.9 Å². The Kier molecular flexibility index (Phi) is 7.31. The van der Waals surface area contributed by atoms with E-state index in [1.54, 1.807) is 0 Å². The van der Waals surface area contributed by atoms with Crippen molar-refractivity contribution in [3.05, 3.63) is 18.0 Å². The van der Waals surface area contributed by atoms with Crippen LogP contribution in [0.2, 0.25) is 0 Å². The summed E-state index contributed by atoms with van der Waals surface area (Å²) in [6, 6.07) is 2.11. The Morgan fingerprint density at radius 1 is 1.21 bits per heavy atom. The number of aliphatic carboxylic acids is 1. The van der Waals surface area contributed by atoms with Crippen molar-refractivity contribution >= 4 is 11.9 Å². The number of rotatable bonds is 3. The molecule has 0 unspecified atom stereocenters. The maximum Gasteiger partial charge on any atom is 0.490 e. The van der Waals surface area contributed by atoms with Crippen LogP contribution in [0.4, 0.5) is 13.2 Å². The second kappa shape index (κ2) is 9.15. The number of carbonyl (C=O) groups is 2. The van der Waals surface area contributed by atoms with E-state index in [-0.39, 0.29) is 5.92 Å². The molecule has 164 valence electrons. The summed E-state index contributed by atoms with van der Waals surface area (Å²) < 4.78 is 33.6. The van der Waals surface area contributed by atoms with Gasteiger partial charge in [-0.1, -0.05) is 13.8 Å². The SMILES string of the molecule is CC(C)C(=O)N1CCC2(CCCN2Cc2ccn(C)n2)CC1.O=C(O)C(F)(F)F. The highest BCUT2D eigenvalue weighted by Gasteiger charge is 2.44. The summed E-state index contributed by atoms with van der Waals surface area (Å²) in [7, 11) is 1.97. The standard InChI is InChI=1S/C17H28N4O.C2HF3O2/c1-14(2)16(22)20-11-7-17(8-12-20)6-4-9-21(17)13-15-5-10-19(3)18-15;3-2(4,5)1(6)7/h5,10,14H,4,6-9,11-13H2,1-3H3;(H,6,7). The number of nitrogens with zero attached hydrogens (tertiary/aromatic N) is 4. The number of piperidine rings is 1. The summed E-state index contributed by atoms with van der Waals surface area (Å²) in [6.45, 7) is 7.92. The van der Waals surface area contributed by atoms with E-state index in [0.717, 1.165) is 44.7 Å². The lowest BCUT2D eigenvalue weighted by Gasteiger charge is -2.45. The first-order valence-electron chi connectivity index (χ1n) is 9.77. The van der Waals surface area contributed by atoms with E-state index >= 15 is 0 Å². The molecule has 1 aromatic heterocycles. The zero-order valence-corrected chi connectivity index (χ0v) is 17.1. The number of carboxylic acid groups (broad SMARTS) is 1. The minimum Gasteiger partial charge on any atom is -0.475 e. The summed E-state index contributed by atoms with van der Waals surface area (Å²) in [4.78, 5) is 25.8. The molecule has 0 radical (unpaired) electrons. The van der Waals surface area contributed by atoms with Gasteiger partial charge in [-0.05, 0) is 38.3 Å². The normalized spacial score (nSPS) is 19.3. The van der Waals surface area contributed by atoms with E-state index < -0.39 is 12.1 Å². The molecule has 2 fully saturated rings. The molecule has 2 aliphatic rings. The van der Waals surface area contributed by atoms with E-state index in [4.69, 9.17) is 9.90 Å². The molecule has 7 nitrogen and oxygen atoms in total. The Balaban J connectivity index is 0.000000370. The fourth-order valence-corrected chi connectivity index (χ4v) is 4.06. The molecular formula is C19H29F3N4O3. The molecule has 29 heavy (non-hydrogen) atoms. The van der Waals surface area contributed by atoms with Crippen LogP contribution in [0.5, 0.6) is 0 Å². The third kappa shape index (κ3) is 5.94. The second-order valence-electron chi connectivity index (χ2n) is 8.01. The number of hydrogen-bond acceptors (Lipinski definition) is 4. The molecule has 0 bridgehead atoms. The average molecular weight is 418 g/mol. The van der Waals surface area contributed by atoms with Crippen LogP contribution in [-0.2, 0) is 23.2 Å². The van der Waals surface area contributed by atoms with Gasteiger partial charge in [-0.3, -0.25) is 14.4 Å². The van der Waals surface area contributed by atoms with Gasteiger partial charge in [-0.25, -0.2) is 4.79 Å². The zero-order valence-electron chi connectivity index (χ0n) is 17.1. The zero-order chi connectivity index (χ0) is 21.8. The summed E-state index contributed by atoms with van der Waals surface area (Å²) in [6.07, 6.45) is 1.69. The minimum absolute atomic E-state index is 0.113. The van der Waals surface area contributed by atoms with Gasteiger partial charge >= 0.3 is 12.1 Å². The molecule has 3 rings (SSSR count). The number of amides is 1. The van der Waals surface area contributed by atoms with Crippen LogP contribution in [0.25, 0.3) is 0 Å². The van der Waals surface area contributed by atoms with E-state index in [9.17, 15) is 18.0 Å². The highest BCUT2D eigenvalue weighted by Crippen LogP contribution is 2.39. The summed E-state index contributed by atoms with van der Waals surface area (Å²) in [5.74, 6) is -2.33. The van der Waals surface area contributed by atoms with Crippen molar-refractivity contribution in [1.82, 2.24) is 19.6 Å². The quantitative estimate of drug-likeness (QED) is 0.817. The van der Waals surface area contributed by atoms with E-state index in [1.165, 1.54) is 12.8 Å². The average Bonchev–Trinajstić information content (AvgIpc) is 3.21. The molecule has 1 amide bonds. The first-order chi connectivity index (χ1) is 13.4. The van der Waals surface area contributed by atoms with Gasteiger partial charge in [0.2, 0.25) is 5.91 Å². The fraction of sp³-hybridized carbons (Fsp3) is 0.737. The molecular weight excluding hydrogens is 389 g/mol. The number of hydrogen-bond donors (Lipinski definition) is 1. The second-order valence-corrected chi connectivity index (χ2v) is 8.01. The summed E-state index contributed by atoms with van der Waals surface area (Å²) in [5, 5.41) is 11.7. The van der Waals surface area contributed by atoms with Crippen LogP contribution in [0.3, 0.4) is 0 Å². The van der Waals surface area contributed by atoms with Gasteiger partial charge in [0, 0.05) is 44.3 Å². The molecule has 0 aromatic carbocycles. The van der Waals surface area contributed by atoms with Gasteiger partial charge in [-0.15, -0.1) is 0 Å². The molecule has 2 saturated heterocycles. The Morgan fingerprint density at radius 2 is 1.79 bits per heavy atom. The van der Waals surface area contributed by atoms with Crippen molar-refractivity contribution in [1.29, 1.82) is 0 Å². The first kappa shape index (κ1) is 23.2. The minimum atomic E-state index is -5.08. The van der Waals surface area contributed by atoms with Gasteiger partial charge in [-0.2, -0.15) is 18.3 Å². The van der Waals surface area contributed by atoms with Crippen molar-refractivity contribution in [3.8, 4) is 0 Å². The number of halogens is 3. The predicted molar refractivity (Wildman–Crippen MR) is 99.9 cm³/mol. The lowest BCUT2D eigenvalue weighted by atomic mass is 9.84. The Hall–Kier alpha value is -2.10. The number of aryl methyl sites for hydroxylation is 1. The summed E-state index contributed by atoms with van der Waals surface area (Å²) >= 11 is 0. The molecule has 2 aliphatic heterocycles. The molecule has 0 aliphatic carbocycles. The van der Waals surface area contributed by atoms with E-state index in [0.29, 0.717) is 11.4 Å². The van der Waals surface area contributed by atoms with E-state index in [2.05, 4.69) is 21.0 Å². The Bertz CT molecular complexity index is 710. The third-order valence-electron chi connectivity index (χ3n) is 5.60. The Labute approximate surface area is 168 Å². The number of alkyl halides is 3. The number of carboxylic acids is 1. The van der Waals surface area contributed by atoms with Crippen molar-refractivity contribution in [2.75, 3.05) is 19.6 Å². The molecule has 0 saturated carbocycles. The van der Waals surface area contributed by atoms with Gasteiger partial charge < -0.3 is 10.0 Å². The maximum atomic E-state index is 12.2.